The van der Waals surface area contributed by atoms with E-state index in [9.17, 15) is 0 Å². The molecule has 1 aromatic heterocycles. The molecule has 1 aliphatic heterocycles. The van der Waals surface area contributed by atoms with Crippen molar-refractivity contribution >= 4 is 5.96 Å². The third-order valence-electron chi connectivity index (χ3n) is 4.68. The van der Waals surface area contributed by atoms with Gasteiger partial charge in [0.15, 0.2) is 5.96 Å². The van der Waals surface area contributed by atoms with Crippen LogP contribution in [-0.2, 0) is 12.8 Å². The number of nitrogens with one attached hydrogen (secondary N) is 2. The van der Waals surface area contributed by atoms with Crippen LogP contribution in [0.4, 0.5) is 0 Å². The highest BCUT2D eigenvalue weighted by atomic mass is 15.3. The van der Waals surface area contributed by atoms with Crippen molar-refractivity contribution in [3.05, 3.63) is 48.0 Å². The molecule has 0 fully saturated rings. The standard InChI is InChI=1S/C17H20N6/c18-10-22-16-21-9-17(23-16)4-3-13-5-12(1-2-14(13)6-17)15-7-19-11-20-8-15/h1-2,5,7-8,11H,3-4,6,9-10,18H2,(H2,21,22,23). The van der Waals surface area contributed by atoms with Gasteiger partial charge in [0, 0.05) is 24.5 Å². The van der Waals surface area contributed by atoms with E-state index >= 15 is 0 Å². The van der Waals surface area contributed by atoms with Crippen LogP contribution in [0, 0.1) is 0 Å². The molecule has 0 bridgehead atoms. The van der Waals surface area contributed by atoms with Gasteiger partial charge in [-0.05, 0) is 36.0 Å². The lowest BCUT2D eigenvalue weighted by molar-refractivity contribution is 0.394. The first-order valence-electron chi connectivity index (χ1n) is 7.93. The van der Waals surface area contributed by atoms with Crippen LogP contribution in [0.1, 0.15) is 17.5 Å². The maximum Gasteiger partial charge on any atom is 0.192 e. The van der Waals surface area contributed by atoms with Gasteiger partial charge in [0.1, 0.15) is 6.33 Å². The minimum atomic E-state index is -0.0259. The number of aryl methyl sites for hydroxylation is 1. The molecule has 0 saturated heterocycles. The van der Waals surface area contributed by atoms with Crippen LogP contribution in [0.5, 0.6) is 0 Å². The number of aliphatic imine (C=N–C) groups is 1. The Morgan fingerprint density at radius 1 is 1.17 bits per heavy atom. The van der Waals surface area contributed by atoms with Gasteiger partial charge in [-0.2, -0.15) is 0 Å². The summed E-state index contributed by atoms with van der Waals surface area (Å²) in [6.45, 7) is 1.28. The molecule has 1 atom stereocenters. The van der Waals surface area contributed by atoms with Gasteiger partial charge in [-0.1, -0.05) is 18.2 Å². The Morgan fingerprint density at radius 3 is 2.87 bits per heavy atom. The summed E-state index contributed by atoms with van der Waals surface area (Å²) in [4.78, 5) is 13.0. The molecule has 0 radical (unpaired) electrons. The molecular formula is C17H20N6. The maximum absolute atomic E-state index is 5.53. The fourth-order valence-electron chi connectivity index (χ4n) is 3.48. The number of fused-ring (bicyclic) bond motifs is 1. The molecule has 0 amide bonds. The van der Waals surface area contributed by atoms with Gasteiger partial charge in [-0.3, -0.25) is 0 Å². The molecule has 2 heterocycles. The second-order valence-corrected chi connectivity index (χ2v) is 6.21. The topological polar surface area (TPSA) is 88.2 Å². The molecule has 0 saturated carbocycles. The van der Waals surface area contributed by atoms with Crippen molar-refractivity contribution in [2.24, 2.45) is 10.7 Å². The summed E-state index contributed by atoms with van der Waals surface area (Å²) in [5, 5.41) is 6.40. The van der Waals surface area contributed by atoms with Crippen LogP contribution in [0.3, 0.4) is 0 Å². The number of benzene rings is 1. The van der Waals surface area contributed by atoms with Crippen molar-refractivity contribution in [3.8, 4) is 11.1 Å². The summed E-state index contributed by atoms with van der Waals surface area (Å²) < 4.78 is 0. The Hall–Kier alpha value is -2.47. The minimum absolute atomic E-state index is 0.0259. The van der Waals surface area contributed by atoms with Crippen molar-refractivity contribution < 1.29 is 0 Å². The summed E-state index contributed by atoms with van der Waals surface area (Å²) >= 11 is 0. The van der Waals surface area contributed by atoms with Crippen LogP contribution in [-0.4, -0.2) is 34.7 Å². The summed E-state index contributed by atoms with van der Waals surface area (Å²) in [7, 11) is 0. The molecule has 1 spiro atoms. The maximum atomic E-state index is 5.53. The second-order valence-electron chi connectivity index (χ2n) is 6.21. The molecule has 1 unspecified atom stereocenters. The van der Waals surface area contributed by atoms with Gasteiger partial charge >= 0.3 is 0 Å². The van der Waals surface area contributed by atoms with E-state index in [-0.39, 0.29) is 5.54 Å². The quantitative estimate of drug-likeness (QED) is 0.715. The number of nitrogens with two attached hydrogens (primary N) is 1. The zero-order valence-corrected chi connectivity index (χ0v) is 12.9. The Balaban J connectivity index is 1.60. The predicted octanol–water partition coefficient (Wildman–Crippen LogP) is 0.836. The van der Waals surface area contributed by atoms with E-state index in [2.05, 4.69) is 38.8 Å². The molecule has 6 nitrogen and oxygen atoms in total. The van der Waals surface area contributed by atoms with Crippen molar-refractivity contribution in [3.63, 3.8) is 0 Å². The van der Waals surface area contributed by atoms with E-state index in [1.807, 2.05) is 12.4 Å². The van der Waals surface area contributed by atoms with Gasteiger partial charge in [0.25, 0.3) is 0 Å². The third-order valence-corrected chi connectivity index (χ3v) is 4.68. The molecule has 1 aliphatic carbocycles. The molecule has 4 rings (SSSR count). The normalized spacial score (nSPS) is 22.4. The van der Waals surface area contributed by atoms with Gasteiger partial charge in [-0.25, -0.2) is 15.0 Å². The smallest absolute Gasteiger partial charge is 0.192 e. The Labute approximate surface area is 135 Å². The molecule has 4 N–H and O–H groups in total. The first kappa shape index (κ1) is 14.1. The number of nitrogens with zero attached hydrogens (tertiary/aromatic N) is 3. The van der Waals surface area contributed by atoms with E-state index in [0.717, 1.165) is 37.3 Å². The third kappa shape index (κ3) is 2.66. The fraction of sp³-hybridized carbons (Fsp3) is 0.353. The number of aromatic nitrogens is 2. The van der Waals surface area contributed by atoms with E-state index in [1.165, 1.54) is 16.7 Å². The van der Waals surface area contributed by atoms with Crippen LogP contribution in [0.25, 0.3) is 11.1 Å². The van der Waals surface area contributed by atoms with Crippen molar-refractivity contribution in [2.75, 3.05) is 13.2 Å². The lowest BCUT2D eigenvalue weighted by atomic mass is 9.78. The first-order chi connectivity index (χ1) is 11.3. The Bertz CT molecular complexity index is 742. The largest absolute Gasteiger partial charge is 0.354 e. The highest BCUT2D eigenvalue weighted by Crippen LogP contribution is 2.35. The first-order valence-corrected chi connectivity index (χ1v) is 7.93. The van der Waals surface area contributed by atoms with E-state index in [1.54, 1.807) is 6.33 Å². The lowest BCUT2D eigenvalue weighted by Crippen LogP contribution is -2.40. The van der Waals surface area contributed by atoms with Gasteiger partial charge in [0.05, 0.1) is 12.2 Å². The van der Waals surface area contributed by atoms with E-state index in [0.29, 0.717) is 6.67 Å². The van der Waals surface area contributed by atoms with Gasteiger partial charge < -0.3 is 16.4 Å². The van der Waals surface area contributed by atoms with Gasteiger partial charge in [-0.15, -0.1) is 0 Å². The zero-order chi connectivity index (χ0) is 15.7. The molecule has 2 aliphatic rings. The summed E-state index contributed by atoms with van der Waals surface area (Å²) in [5.74, 6) is 0.828. The summed E-state index contributed by atoms with van der Waals surface area (Å²) in [6.07, 6.45) is 8.33. The number of hydrogen-bond donors (Lipinski definition) is 3. The summed E-state index contributed by atoms with van der Waals surface area (Å²) in [5.41, 5.74) is 10.5. The Morgan fingerprint density at radius 2 is 2.04 bits per heavy atom. The molecule has 2 aromatic rings. The minimum Gasteiger partial charge on any atom is -0.354 e. The van der Waals surface area contributed by atoms with E-state index in [4.69, 9.17) is 10.7 Å². The van der Waals surface area contributed by atoms with Crippen molar-refractivity contribution in [1.82, 2.24) is 20.6 Å². The highest BCUT2D eigenvalue weighted by Gasteiger charge is 2.38. The number of rotatable bonds is 2. The lowest BCUT2D eigenvalue weighted by Gasteiger charge is -2.31. The molecule has 118 valence electrons. The Kier molecular flexibility index (Phi) is 3.46. The fourth-order valence-corrected chi connectivity index (χ4v) is 3.48. The predicted molar refractivity (Wildman–Crippen MR) is 89.9 cm³/mol. The van der Waals surface area contributed by atoms with E-state index < -0.39 is 0 Å². The molecule has 23 heavy (non-hydrogen) atoms. The molecular weight excluding hydrogens is 288 g/mol. The summed E-state index contributed by atoms with van der Waals surface area (Å²) in [6, 6.07) is 6.65. The second kappa shape index (κ2) is 5.62. The molecule has 1 aromatic carbocycles. The average molecular weight is 308 g/mol. The SMILES string of the molecule is NCNC1=NC2(CCc3cc(-c4cncnc4)ccc3C2)CN1. The highest BCUT2D eigenvalue weighted by molar-refractivity contribution is 5.82. The monoisotopic (exact) mass is 308 g/mol. The van der Waals surface area contributed by atoms with Crippen LogP contribution in [0.2, 0.25) is 0 Å². The average Bonchev–Trinajstić information content (AvgIpc) is 2.98. The number of guanidine groups is 1. The van der Waals surface area contributed by atoms with Crippen LogP contribution >= 0.6 is 0 Å². The van der Waals surface area contributed by atoms with Crippen LogP contribution < -0.4 is 16.4 Å². The molecule has 6 heteroatoms. The zero-order valence-electron chi connectivity index (χ0n) is 12.9. The van der Waals surface area contributed by atoms with Crippen molar-refractivity contribution in [2.45, 2.75) is 24.8 Å². The van der Waals surface area contributed by atoms with Crippen molar-refractivity contribution in [1.29, 1.82) is 0 Å². The van der Waals surface area contributed by atoms with Crippen LogP contribution in [0.15, 0.2) is 41.9 Å². The number of hydrogen-bond acceptors (Lipinski definition) is 6. The van der Waals surface area contributed by atoms with Gasteiger partial charge in [0.2, 0.25) is 0 Å².